The summed E-state index contributed by atoms with van der Waals surface area (Å²) in [6.45, 7) is 13.1. The molecule has 0 radical (unpaired) electrons. The van der Waals surface area contributed by atoms with Gasteiger partial charge in [-0.2, -0.15) is 0 Å². The number of nitrogens with one attached hydrogen (secondary N) is 1. The molecule has 80 valence electrons. The molecular weight excluding hydrogens is 162 g/mol. The molecule has 0 saturated carbocycles. The van der Waals surface area contributed by atoms with Gasteiger partial charge in [-0.15, -0.1) is 0 Å². The summed E-state index contributed by atoms with van der Waals surface area (Å²) < 4.78 is 5.02. The van der Waals surface area contributed by atoms with Crippen LogP contribution in [0.25, 0.3) is 0 Å². The normalized spacial score (nSPS) is 15.0. The van der Waals surface area contributed by atoms with Crippen molar-refractivity contribution in [3.05, 3.63) is 0 Å². The van der Waals surface area contributed by atoms with Crippen molar-refractivity contribution in [2.45, 2.75) is 40.7 Å². The van der Waals surface area contributed by atoms with Crippen LogP contribution in [-0.2, 0) is 4.74 Å². The van der Waals surface area contributed by atoms with Gasteiger partial charge in [0.2, 0.25) is 0 Å². The third-order valence-electron chi connectivity index (χ3n) is 2.27. The summed E-state index contributed by atoms with van der Waals surface area (Å²) in [5, 5.41) is 3.54. The third kappa shape index (κ3) is 5.27. The van der Waals surface area contributed by atoms with Crippen LogP contribution in [0.4, 0.5) is 0 Å². The lowest BCUT2D eigenvalue weighted by molar-refractivity contribution is 0.164. The lowest BCUT2D eigenvalue weighted by Crippen LogP contribution is -2.45. The second-order valence-corrected chi connectivity index (χ2v) is 5.03. The van der Waals surface area contributed by atoms with E-state index in [0.717, 1.165) is 13.2 Å². The quantitative estimate of drug-likeness (QED) is 0.667. The van der Waals surface area contributed by atoms with Gasteiger partial charge in [0, 0.05) is 19.7 Å². The minimum atomic E-state index is 0.321. The Morgan fingerprint density at radius 3 is 2.08 bits per heavy atom. The van der Waals surface area contributed by atoms with Gasteiger partial charge in [0.05, 0.1) is 6.61 Å². The largest absolute Gasteiger partial charge is 0.383 e. The van der Waals surface area contributed by atoms with Crippen molar-refractivity contribution < 1.29 is 4.74 Å². The minimum absolute atomic E-state index is 0.321. The number of ether oxygens (including phenoxy) is 1. The zero-order valence-electron chi connectivity index (χ0n) is 9.98. The first kappa shape index (κ1) is 12.9. The first-order valence-electron chi connectivity index (χ1n) is 5.12. The Bertz CT molecular complexity index is 127. The predicted molar refractivity (Wildman–Crippen MR) is 58.0 cm³/mol. The van der Waals surface area contributed by atoms with Crippen molar-refractivity contribution in [3.63, 3.8) is 0 Å². The molecule has 0 aliphatic heterocycles. The maximum absolute atomic E-state index is 5.02. The van der Waals surface area contributed by atoms with Crippen LogP contribution in [0.3, 0.4) is 0 Å². The molecule has 0 aromatic carbocycles. The van der Waals surface area contributed by atoms with E-state index in [1.807, 2.05) is 0 Å². The van der Waals surface area contributed by atoms with Crippen LogP contribution in [0.15, 0.2) is 0 Å². The molecule has 0 rings (SSSR count). The molecule has 0 amide bonds. The minimum Gasteiger partial charge on any atom is -0.383 e. The second-order valence-electron chi connectivity index (χ2n) is 5.03. The van der Waals surface area contributed by atoms with Crippen molar-refractivity contribution in [1.82, 2.24) is 5.32 Å². The highest BCUT2D eigenvalue weighted by molar-refractivity contribution is 4.82. The monoisotopic (exact) mass is 187 g/mol. The molecule has 0 aliphatic rings. The molecule has 0 unspecified atom stereocenters. The van der Waals surface area contributed by atoms with Crippen LogP contribution in [0, 0.1) is 11.3 Å². The highest BCUT2D eigenvalue weighted by Gasteiger charge is 2.26. The predicted octanol–water partition coefficient (Wildman–Crippen LogP) is 2.29. The van der Waals surface area contributed by atoms with E-state index in [4.69, 9.17) is 4.74 Å². The highest BCUT2D eigenvalue weighted by Crippen LogP contribution is 2.24. The van der Waals surface area contributed by atoms with Gasteiger partial charge in [0.15, 0.2) is 0 Å². The van der Waals surface area contributed by atoms with Crippen LogP contribution >= 0.6 is 0 Å². The maximum atomic E-state index is 5.02. The van der Waals surface area contributed by atoms with Crippen molar-refractivity contribution in [2.24, 2.45) is 11.3 Å². The fourth-order valence-corrected chi connectivity index (χ4v) is 1.86. The topological polar surface area (TPSA) is 21.3 Å². The Morgan fingerprint density at radius 1 is 1.23 bits per heavy atom. The first-order valence-corrected chi connectivity index (χ1v) is 5.12. The van der Waals surface area contributed by atoms with Gasteiger partial charge in [0.25, 0.3) is 0 Å². The number of rotatable bonds is 5. The molecule has 0 saturated heterocycles. The van der Waals surface area contributed by atoms with E-state index >= 15 is 0 Å². The Morgan fingerprint density at radius 2 is 1.77 bits per heavy atom. The molecule has 2 heteroatoms. The smallest absolute Gasteiger partial charge is 0.0587 e. The summed E-state index contributed by atoms with van der Waals surface area (Å²) in [5.41, 5.74) is 0.321. The van der Waals surface area contributed by atoms with E-state index in [9.17, 15) is 0 Å². The average Bonchev–Trinajstić information content (AvgIpc) is 1.94. The summed E-state index contributed by atoms with van der Waals surface area (Å²) in [4.78, 5) is 0. The molecule has 0 heterocycles. The van der Waals surface area contributed by atoms with Crippen LogP contribution < -0.4 is 5.32 Å². The van der Waals surface area contributed by atoms with Gasteiger partial charge in [-0.25, -0.2) is 0 Å². The maximum Gasteiger partial charge on any atom is 0.0587 e. The molecule has 0 aromatic rings. The standard InChI is InChI=1S/C11H25NO/c1-9(2)10(11(3,4)5)12-7-8-13-6/h9-10,12H,7-8H2,1-6H3/t10-/m1/s1. The van der Waals surface area contributed by atoms with E-state index in [1.54, 1.807) is 7.11 Å². The molecular formula is C11H25NO. The number of methoxy groups -OCH3 is 1. The summed E-state index contributed by atoms with van der Waals surface area (Å²) in [6.07, 6.45) is 0. The van der Waals surface area contributed by atoms with E-state index in [1.165, 1.54) is 0 Å². The van der Waals surface area contributed by atoms with Gasteiger partial charge >= 0.3 is 0 Å². The molecule has 1 atom stereocenters. The van der Waals surface area contributed by atoms with Gasteiger partial charge in [-0.3, -0.25) is 0 Å². The molecule has 2 nitrogen and oxygen atoms in total. The number of hydrogen-bond acceptors (Lipinski definition) is 2. The fourth-order valence-electron chi connectivity index (χ4n) is 1.86. The average molecular weight is 187 g/mol. The first-order chi connectivity index (χ1) is 5.89. The van der Waals surface area contributed by atoms with Gasteiger partial charge in [-0.1, -0.05) is 34.6 Å². The van der Waals surface area contributed by atoms with Crippen molar-refractivity contribution in [2.75, 3.05) is 20.3 Å². The molecule has 1 N–H and O–H groups in total. The van der Waals surface area contributed by atoms with Crippen LogP contribution in [0.5, 0.6) is 0 Å². The zero-order valence-corrected chi connectivity index (χ0v) is 9.98. The molecule has 0 fully saturated rings. The molecule has 13 heavy (non-hydrogen) atoms. The summed E-state index contributed by atoms with van der Waals surface area (Å²) in [6, 6.07) is 0.558. The second kappa shape index (κ2) is 5.61. The lowest BCUT2D eigenvalue weighted by Gasteiger charge is -2.34. The van der Waals surface area contributed by atoms with Gasteiger partial charge < -0.3 is 10.1 Å². The summed E-state index contributed by atoms with van der Waals surface area (Å²) >= 11 is 0. The lowest BCUT2D eigenvalue weighted by atomic mass is 9.80. The Labute approximate surface area is 83.1 Å². The van der Waals surface area contributed by atoms with E-state index < -0.39 is 0 Å². The van der Waals surface area contributed by atoms with E-state index in [0.29, 0.717) is 17.4 Å². The van der Waals surface area contributed by atoms with E-state index in [-0.39, 0.29) is 0 Å². The Balaban J connectivity index is 3.97. The van der Waals surface area contributed by atoms with E-state index in [2.05, 4.69) is 39.9 Å². The van der Waals surface area contributed by atoms with Crippen molar-refractivity contribution in [1.29, 1.82) is 0 Å². The summed E-state index contributed by atoms with van der Waals surface area (Å²) in [7, 11) is 1.74. The van der Waals surface area contributed by atoms with Gasteiger partial charge in [-0.05, 0) is 11.3 Å². The van der Waals surface area contributed by atoms with Crippen molar-refractivity contribution >= 4 is 0 Å². The van der Waals surface area contributed by atoms with Crippen LogP contribution in [0.1, 0.15) is 34.6 Å². The third-order valence-corrected chi connectivity index (χ3v) is 2.27. The fraction of sp³-hybridized carbons (Fsp3) is 1.00. The molecule has 0 aliphatic carbocycles. The van der Waals surface area contributed by atoms with Crippen LogP contribution in [0.2, 0.25) is 0 Å². The number of hydrogen-bond donors (Lipinski definition) is 1. The summed E-state index contributed by atoms with van der Waals surface area (Å²) in [5.74, 6) is 0.664. The van der Waals surface area contributed by atoms with Crippen LogP contribution in [-0.4, -0.2) is 26.3 Å². The molecule has 0 aromatic heterocycles. The van der Waals surface area contributed by atoms with Crippen molar-refractivity contribution in [3.8, 4) is 0 Å². The highest BCUT2D eigenvalue weighted by atomic mass is 16.5. The Kier molecular flexibility index (Phi) is 5.57. The molecule has 0 spiro atoms. The van der Waals surface area contributed by atoms with Gasteiger partial charge in [0.1, 0.15) is 0 Å². The Hall–Kier alpha value is -0.0800. The molecule has 0 bridgehead atoms. The SMILES string of the molecule is COCCN[C@H](C(C)C)C(C)(C)C. The zero-order chi connectivity index (χ0) is 10.5.